The molecule has 2 aliphatic heterocycles. The molecule has 35 heavy (non-hydrogen) atoms. The number of hydrogen-bond donors (Lipinski definition) is 0. The Bertz CT molecular complexity index is 1130. The molecule has 11 unspecified atom stereocenters. The maximum absolute atomic E-state index is 12.5. The molecule has 0 aromatic carbocycles. The van der Waals surface area contributed by atoms with Gasteiger partial charge in [0.25, 0.3) is 23.5 Å². The molecular formula is C9H15O20P6-5. The predicted molar refractivity (Wildman–Crippen MR) is 95.9 cm³/mol. The van der Waals surface area contributed by atoms with Crippen molar-refractivity contribution in [3.8, 4) is 0 Å². The minimum Gasteiger partial charge on any atom is -0.790 e. The molecule has 3 aliphatic rings. The van der Waals surface area contributed by atoms with Crippen molar-refractivity contribution in [1.82, 2.24) is 0 Å². The maximum atomic E-state index is 12.5. The Labute approximate surface area is 196 Å². The molecule has 0 radical (unpaired) electrons. The average molecular weight is 629 g/mol. The molecule has 0 spiro atoms. The molecular weight excluding hydrogens is 614 g/mol. The zero-order valence-electron chi connectivity index (χ0n) is 17.3. The van der Waals surface area contributed by atoms with Crippen LogP contribution < -0.4 is 24.5 Å². The van der Waals surface area contributed by atoms with Crippen molar-refractivity contribution in [2.24, 2.45) is 0 Å². The lowest BCUT2D eigenvalue weighted by atomic mass is 9.85. The van der Waals surface area contributed by atoms with Gasteiger partial charge in [-0.2, -0.15) is 0 Å². The first-order valence-electron chi connectivity index (χ1n) is 8.73. The molecule has 1 aliphatic carbocycles. The van der Waals surface area contributed by atoms with Crippen LogP contribution in [0.1, 0.15) is 0 Å². The van der Waals surface area contributed by atoms with Crippen molar-refractivity contribution in [1.29, 1.82) is 0 Å². The van der Waals surface area contributed by atoms with Crippen molar-refractivity contribution in [3.63, 3.8) is 0 Å². The van der Waals surface area contributed by atoms with Gasteiger partial charge in [-0.3, -0.25) is 31.9 Å². The molecule has 1 saturated carbocycles. The fourth-order valence-electron chi connectivity index (χ4n) is 3.30. The van der Waals surface area contributed by atoms with Crippen molar-refractivity contribution >= 4 is 46.5 Å². The van der Waals surface area contributed by atoms with Crippen molar-refractivity contribution < 1.29 is 92.1 Å². The van der Waals surface area contributed by atoms with E-state index in [4.69, 9.17) is 9.05 Å². The van der Waals surface area contributed by atoms with Crippen LogP contribution in [-0.4, -0.2) is 57.1 Å². The van der Waals surface area contributed by atoms with Gasteiger partial charge in [0.2, 0.25) is 0 Å². The van der Waals surface area contributed by atoms with Gasteiger partial charge >= 0.3 is 15.2 Å². The van der Waals surface area contributed by atoms with Crippen molar-refractivity contribution in [2.45, 2.75) is 36.6 Å². The second kappa shape index (κ2) is 9.78. The summed E-state index contributed by atoms with van der Waals surface area (Å²) in [4.78, 5) is 59.2. The topological polar surface area (TPSA) is 301 Å². The summed E-state index contributed by atoms with van der Waals surface area (Å²) in [7, 11) is -31.9. The predicted octanol–water partition coefficient (Wildman–Crippen LogP) is -2.10. The molecule has 0 aromatic heterocycles. The van der Waals surface area contributed by atoms with Crippen LogP contribution in [0.5, 0.6) is 0 Å². The van der Waals surface area contributed by atoms with Gasteiger partial charge in [0.15, 0.2) is 0 Å². The number of fused-ring (bicyclic) bond motifs is 3. The molecule has 0 amide bonds. The maximum Gasteiger partial charge on any atom is 0.334 e. The van der Waals surface area contributed by atoms with Crippen LogP contribution in [0.15, 0.2) is 0 Å². The third kappa shape index (κ3) is 7.69. The highest BCUT2D eigenvalue weighted by Gasteiger charge is 2.62. The molecule has 0 aromatic rings. The summed E-state index contributed by atoms with van der Waals surface area (Å²) in [5, 5.41) is 0. The van der Waals surface area contributed by atoms with E-state index in [9.17, 15) is 51.9 Å². The second-order valence-electron chi connectivity index (χ2n) is 7.10. The highest BCUT2D eigenvalue weighted by molar-refractivity contribution is 7.63. The van der Waals surface area contributed by atoms with E-state index in [0.717, 1.165) is 13.8 Å². The summed E-state index contributed by atoms with van der Waals surface area (Å²) >= 11 is 0. The summed E-state index contributed by atoms with van der Waals surface area (Å²) in [6.07, 6.45) is -14.8. The summed E-state index contributed by atoms with van der Waals surface area (Å²) in [5.41, 5.74) is 0. The van der Waals surface area contributed by atoms with Crippen LogP contribution >= 0.6 is 46.5 Å². The first kappa shape index (κ1) is 30.4. The van der Waals surface area contributed by atoms with Gasteiger partial charge in [-0.05, 0) is 0 Å². The lowest BCUT2D eigenvalue weighted by Crippen LogP contribution is -2.66. The van der Waals surface area contributed by atoms with E-state index in [1.165, 1.54) is 0 Å². The fourth-order valence-corrected chi connectivity index (χ4v) is 9.96. The van der Waals surface area contributed by atoms with Gasteiger partial charge in [-0.15, -0.1) is 0 Å². The van der Waals surface area contributed by atoms with E-state index in [2.05, 4.69) is 31.2 Å². The van der Waals surface area contributed by atoms with Gasteiger partial charge in [0, 0.05) is 20.4 Å². The highest BCUT2D eigenvalue weighted by Crippen LogP contribution is 2.68. The molecule has 26 heteroatoms. The third-order valence-electron chi connectivity index (χ3n) is 4.35. The summed E-state index contributed by atoms with van der Waals surface area (Å²) in [6, 6.07) is 0. The smallest absolute Gasteiger partial charge is 0.334 e. The van der Waals surface area contributed by atoms with Crippen LogP contribution in [0.3, 0.4) is 0 Å². The van der Waals surface area contributed by atoms with E-state index < -0.39 is 83.1 Å². The number of hydrogen-bond acceptors (Lipinski definition) is 20. The lowest BCUT2D eigenvalue weighted by molar-refractivity contribution is -0.352. The Morgan fingerprint density at radius 3 is 1.57 bits per heavy atom. The highest BCUT2D eigenvalue weighted by atomic mass is 31.3. The van der Waals surface area contributed by atoms with E-state index >= 15 is 0 Å². The first-order chi connectivity index (χ1) is 15.5. The molecule has 3 fully saturated rings. The Kier molecular flexibility index (Phi) is 8.48. The minimum absolute atomic E-state index is 0.564. The number of phosphoric acid groups is 4. The zero-order valence-corrected chi connectivity index (χ0v) is 22.7. The largest absolute Gasteiger partial charge is 0.790 e. The number of rotatable bonds is 5. The molecule has 206 valence electrons. The van der Waals surface area contributed by atoms with Crippen molar-refractivity contribution in [2.75, 3.05) is 20.4 Å². The Hall–Kier alpha value is 0.820. The zero-order chi connectivity index (χ0) is 26.8. The van der Waals surface area contributed by atoms with Crippen LogP contribution in [0.2, 0.25) is 0 Å². The van der Waals surface area contributed by atoms with Crippen LogP contribution in [-0.2, 0) is 67.7 Å². The van der Waals surface area contributed by atoms with Gasteiger partial charge in [0.05, 0.1) is 7.82 Å². The van der Waals surface area contributed by atoms with Crippen LogP contribution in [0.25, 0.3) is 0 Å². The SMILES string of the molecule is COP(C)(=O)OC1C(OP(=O)([O-])[O-])C2OP(C)(=O)OP(=O)([O-])OC2C2OP(=O)([O-])OP(=O)([O-])OC12. The van der Waals surface area contributed by atoms with E-state index in [0.29, 0.717) is 6.66 Å². The van der Waals surface area contributed by atoms with E-state index in [1.54, 1.807) is 0 Å². The molecule has 0 N–H and O–H groups in total. The Balaban J connectivity index is 2.26. The fraction of sp³-hybridized carbons (Fsp3) is 1.00. The average Bonchev–Trinajstić information content (AvgIpc) is 2.76. The minimum atomic E-state index is -6.13. The molecule has 2 saturated heterocycles. The Morgan fingerprint density at radius 2 is 1.11 bits per heavy atom. The lowest BCUT2D eigenvalue weighted by Gasteiger charge is -2.50. The van der Waals surface area contributed by atoms with Gasteiger partial charge in [0.1, 0.15) is 36.6 Å². The molecule has 0 bridgehead atoms. The van der Waals surface area contributed by atoms with Gasteiger partial charge in [-0.25, -0.2) is 8.62 Å². The first-order valence-corrected chi connectivity index (χ1v) is 18.6. The van der Waals surface area contributed by atoms with Crippen LogP contribution in [0, 0.1) is 0 Å². The quantitative estimate of drug-likeness (QED) is 0.294. The summed E-state index contributed by atoms with van der Waals surface area (Å²) < 4.78 is 113. The molecule has 11 atom stereocenters. The molecule has 20 nitrogen and oxygen atoms in total. The molecule has 3 rings (SSSR count). The third-order valence-corrected chi connectivity index (χ3v) is 11.9. The number of phosphoric ester groups is 4. The van der Waals surface area contributed by atoms with Gasteiger partial charge < -0.3 is 51.7 Å². The summed E-state index contributed by atoms with van der Waals surface area (Å²) in [5.74, 6) is 0. The normalized spacial score (nSPS) is 50.7. The standard InChI is InChI=1S/C9H20O20P6/c1-21-30(2,10)22-4-6(24-32(12,13)14)5-8(25-33(15,16)28-31(3,11)23-5)9-7(4)26-34(17,18)29-35(19,20)27-9/h4-9H,1-3H3,(H,15,16)(H,17,18)(H,19,20)(H2,12,13,14)/p-5. The molecule has 2 heterocycles. The van der Waals surface area contributed by atoms with Crippen LogP contribution in [0.4, 0.5) is 0 Å². The van der Waals surface area contributed by atoms with Crippen molar-refractivity contribution in [3.05, 3.63) is 0 Å². The monoisotopic (exact) mass is 629 g/mol. The van der Waals surface area contributed by atoms with E-state index in [-0.39, 0.29) is 0 Å². The van der Waals surface area contributed by atoms with E-state index in [1.807, 2.05) is 0 Å². The summed E-state index contributed by atoms with van der Waals surface area (Å²) in [6.45, 7) is 1.33. The Morgan fingerprint density at radius 1 is 0.714 bits per heavy atom. The second-order valence-corrected chi connectivity index (χ2v) is 16.7. The van der Waals surface area contributed by atoms with Gasteiger partial charge in [-0.1, -0.05) is 0 Å².